The van der Waals surface area contributed by atoms with Crippen LogP contribution in [0.1, 0.15) is 16.6 Å². The molecule has 0 N–H and O–H groups in total. The summed E-state index contributed by atoms with van der Waals surface area (Å²) in [6.07, 6.45) is 1.61. The molecule has 5 heteroatoms. The molecule has 2 rings (SSSR count). The van der Waals surface area contributed by atoms with Crippen LogP contribution in [0.15, 0.2) is 30.5 Å². The maximum atomic E-state index is 11.3. The lowest BCUT2D eigenvalue weighted by molar-refractivity contribution is 0.102. The van der Waals surface area contributed by atoms with E-state index in [0.717, 1.165) is 16.6 Å². The number of hydrogen-bond donors (Lipinski definition) is 0. The highest BCUT2D eigenvalue weighted by molar-refractivity contribution is 7.17. The van der Waals surface area contributed by atoms with Crippen molar-refractivity contribution in [3.8, 4) is 5.75 Å². The summed E-state index contributed by atoms with van der Waals surface area (Å²) in [7, 11) is 3.54. The second-order valence-corrected chi connectivity index (χ2v) is 4.80. The van der Waals surface area contributed by atoms with Gasteiger partial charge in [-0.2, -0.15) is 0 Å². The molecule has 0 saturated carbocycles. The zero-order chi connectivity index (χ0) is 13.1. The number of benzene rings is 1. The van der Waals surface area contributed by atoms with Crippen LogP contribution in [0, 0.1) is 0 Å². The molecule has 18 heavy (non-hydrogen) atoms. The molecule has 0 saturated heterocycles. The first-order valence-electron chi connectivity index (χ1n) is 5.47. The smallest absolute Gasteiger partial charge is 0.190 e. The third-order valence-corrected chi connectivity index (χ3v) is 3.75. The van der Waals surface area contributed by atoms with E-state index in [0.29, 0.717) is 4.88 Å². The van der Waals surface area contributed by atoms with Crippen molar-refractivity contribution in [1.29, 1.82) is 0 Å². The Balaban J connectivity index is 2.35. The predicted octanol–water partition coefficient (Wildman–Crippen LogP) is 3.12. The summed E-state index contributed by atoms with van der Waals surface area (Å²) in [4.78, 5) is 18.1. The molecule has 2 aromatic rings. The Labute approximate surface area is 110 Å². The maximum Gasteiger partial charge on any atom is 0.190 e. The SMILES string of the molecule is COc1ccccc1N(C)c1ncc(C(C)=O)s1. The number of ether oxygens (including phenoxy) is 1. The molecule has 1 aromatic carbocycles. The minimum Gasteiger partial charge on any atom is -0.495 e. The van der Waals surface area contributed by atoms with Crippen molar-refractivity contribution < 1.29 is 9.53 Å². The fourth-order valence-electron chi connectivity index (χ4n) is 1.59. The largest absolute Gasteiger partial charge is 0.495 e. The topological polar surface area (TPSA) is 42.4 Å². The minimum absolute atomic E-state index is 0.0344. The van der Waals surface area contributed by atoms with Crippen LogP contribution in [0.2, 0.25) is 0 Å². The second kappa shape index (κ2) is 5.18. The number of carbonyl (C=O) groups is 1. The summed E-state index contributed by atoms with van der Waals surface area (Å²) in [5, 5.41) is 0.768. The zero-order valence-corrected chi connectivity index (χ0v) is 11.3. The number of carbonyl (C=O) groups excluding carboxylic acids is 1. The van der Waals surface area contributed by atoms with Crippen LogP contribution in [-0.2, 0) is 0 Å². The predicted molar refractivity (Wildman–Crippen MR) is 73.2 cm³/mol. The van der Waals surface area contributed by atoms with Gasteiger partial charge in [0.2, 0.25) is 0 Å². The summed E-state index contributed by atoms with van der Waals surface area (Å²) in [5.41, 5.74) is 0.921. The number of rotatable bonds is 4. The number of anilines is 2. The molecule has 0 aliphatic carbocycles. The molecule has 0 aliphatic heterocycles. The van der Waals surface area contributed by atoms with Crippen molar-refractivity contribution in [2.75, 3.05) is 19.1 Å². The van der Waals surface area contributed by atoms with Gasteiger partial charge in [0.15, 0.2) is 10.9 Å². The van der Waals surface area contributed by atoms with Crippen molar-refractivity contribution in [2.45, 2.75) is 6.92 Å². The molecule has 0 radical (unpaired) electrons. The summed E-state index contributed by atoms with van der Waals surface area (Å²) in [6, 6.07) is 7.70. The van der Waals surface area contributed by atoms with Crippen molar-refractivity contribution >= 4 is 27.9 Å². The molecule has 0 aliphatic rings. The van der Waals surface area contributed by atoms with Crippen molar-refractivity contribution in [1.82, 2.24) is 4.98 Å². The quantitative estimate of drug-likeness (QED) is 0.794. The molecule has 4 nitrogen and oxygen atoms in total. The van der Waals surface area contributed by atoms with E-state index < -0.39 is 0 Å². The number of Topliss-reactive ketones (excluding diaryl/α,β-unsaturated/α-hetero) is 1. The van der Waals surface area contributed by atoms with Gasteiger partial charge in [0, 0.05) is 14.0 Å². The average molecular weight is 262 g/mol. The molecule has 0 bridgehead atoms. The van der Waals surface area contributed by atoms with Gasteiger partial charge in [0.1, 0.15) is 5.75 Å². The van der Waals surface area contributed by atoms with Gasteiger partial charge in [-0.3, -0.25) is 4.79 Å². The number of hydrogen-bond acceptors (Lipinski definition) is 5. The Morgan fingerprint density at radius 2 is 2.11 bits per heavy atom. The van der Waals surface area contributed by atoms with Crippen LogP contribution in [0.25, 0.3) is 0 Å². The van der Waals surface area contributed by atoms with Crippen LogP contribution in [0.5, 0.6) is 5.75 Å². The number of para-hydroxylation sites is 2. The Bertz CT molecular complexity index is 566. The lowest BCUT2D eigenvalue weighted by Gasteiger charge is -2.18. The summed E-state index contributed by atoms with van der Waals surface area (Å²) in [5.74, 6) is 0.812. The number of methoxy groups -OCH3 is 1. The first kappa shape index (κ1) is 12.6. The third kappa shape index (κ3) is 2.36. The van der Waals surface area contributed by atoms with E-state index in [1.165, 1.54) is 11.3 Å². The van der Waals surface area contributed by atoms with Crippen molar-refractivity contribution in [3.63, 3.8) is 0 Å². The molecule has 0 atom stereocenters. The normalized spacial score (nSPS) is 10.2. The van der Waals surface area contributed by atoms with E-state index in [1.54, 1.807) is 20.2 Å². The highest BCUT2D eigenvalue weighted by Crippen LogP contribution is 2.34. The maximum absolute atomic E-state index is 11.3. The van der Waals surface area contributed by atoms with Crippen LogP contribution < -0.4 is 9.64 Å². The summed E-state index contributed by atoms with van der Waals surface area (Å²) < 4.78 is 5.31. The molecule has 0 amide bonds. The fourth-order valence-corrected chi connectivity index (χ4v) is 2.38. The van der Waals surface area contributed by atoms with Crippen LogP contribution in [0.4, 0.5) is 10.8 Å². The first-order chi connectivity index (χ1) is 8.63. The Hall–Kier alpha value is -1.88. The van der Waals surface area contributed by atoms with Gasteiger partial charge in [-0.05, 0) is 12.1 Å². The molecular formula is C13H14N2O2S. The van der Waals surface area contributed by atoms with Gasteiger partial charge in [0.25, 0.3) is 0 Å². The average Bonchev–Trinajstić information content (AvgIpc) is 2.87. The molecule has 0 unspecified atom stereocenters. The molecule has 0 fully saturated rings. The van der Waals surface area contributed by atoms with Crippen LogP contribution in [0.3, 0.4) is 0 Å². The Kier molecular flexibility index (Phi) is 3.62. The van der Waals surface area contributed by atoms with Gasteiger partial charge >= 0.3 is 0 Å². The van der Waals surface area contributed by atoms with E-state index in [1.807, 2.05) is 36.2 Å². The monoisotopic (exact) mass is 262 g/mol. The third-order valence-electron chi connectivity index (χ3n) is 2.57. The van der Waals surface area contributed by atoms with Crippen LogP contribution >= 0.6 is 11.3 Å². The lowest BCUT2D eigenvalue weighted by atomic mass is 10.3. The molecule has 1 aromatic heterocycles. The van der Waals surface area contributed by atoms with Gasteiger partial charge in [-0.15, -0.1) is 0 Å². The van der Waals surface area contributed by atoms with Crippen LogP contribution in [-0.4, -0.2) is 24.9 Å². The molecule has 0 spiro atoms. The van der Waals surface area contributed by atoms with Crippen molar-refractivity contribution in [2.24, 2.45) is 0 Å². The zero-order valence-electron chi connectivity index (χ0n) is 10.5. The number of aromatic nitrogens is 1. The Morgan fingerprint density at radius 3 is 2.72 bits per heavy atom. The fraction of sp³-hybridized carbons (Fsp3) is 0.231. The number of ketones is 1. The second-order valence-electron chi connectivity index (χ2n) is 3.79. The van der Waals surface area contributed by atoms with E-state index in [-0.39, 0.29) is 5.78 Å². The van der Waals surface area contributed by atoms with E-state index in [2.05, 4.69) is 4.98 Å². The highest BCUT2D eigenvalue weighted by atomic mass is 32.1. The Morgan fingerprint density at radius 1 is 1.39 bits per heavy atom. The summed E-state index contributed by atoms with van der Waals surface area (Å²) >= 11 is 1.37. The number of nitrogens with zero attached hydrogens (tertiary/aromatic N) is 2. The summed E-state index contributed by atoms with van der Waals surface area (Å²) in [6.45, 7) is 1.54. The molecular weight excluding hydrogens is 248 g/mol. The van der Waals surface area contributed by atoms with Crippen molar-refractivity contribution in [3.05, 3.63) is 35.3 Å². The molecule has 1 heterocycles. The van der Waals surface area contributed by atoms with Gasteiger partial charge in [0.05, 0.1) is 23.9 Å². The van der Waals surface area contributed by atoms with Gasteiger partial charge in [-0.1, -0.05) is 23.5 Å². The van der Waals surface area contributed by atoms with E-state index >= 15 is 0 Å². The van der Waals surface area contributed by atoms with E-state index in [4.69, 9.17) is 4.74 Å². The van der Waals surface area contributed by atoms with Gasteiger partial charge < -0.3 is 9.64 Å². The minimum atomic E-state index is 0.0344. The van der Waals surface area contributed by atoms with E-state index in [9.17, 15) is 4.79 Å². The van der Waals surface area contributed by atoms with Gasteiger partial charge in [-0.25, -0.2) is 4.98 Å². The highest BCUT2D eigenvalue weighted by Gasteiger charge is 2.14. The molecule has 94 valence electrons. The number of thiazole rings is 1. The standard InChI is InChI=1S/C13H14N2O2S/c1-9(16)12-8-14-13(18-12)15(2)10-6-4-5-7-11(10)17-3/h4-8H,1-3H3. The first-order valence-corrected chi connectivity index (χ1v) is 6.28. The lowest BCUT2D eigenvalue weighted by Crippen LogP contribution is -2.10.